The van der Waals surface area contributed by atoms with Crippen molar-refractivity contribution < 1.29 is 9.84 Å². The van der Waals surface area contributed by atoms with Crippen molar-refractivity contribution in [2.45, 2.75) is 38.1 Å². The van der Waals surface area contributed by atoms with E-state index in [0.29, 0.717) is 17.2 Å². The number of likely N-dealkylation sites (tertiary alicyclic amines) is 1. The summed E-state index contributed by atoms with van der Waals surface area (Å²) in [5, 5.41) is 19.9. The zero-order valence-corrected chi connectivity index (χ0v) is 16.2. The molecule has 7 nitrogen and oxygen atoms in total. The maximum Gasteiger partial charge on any atom is 0.213 e. The Kier molecular flexibility index (Phi) is 3.61. The number of aryl methyl sites for hydroxylation is 1. The fourth-order valence-corrected chi connectivity index (χ4v) is 5.43. The van der Waals surface area contributed by atoms with Gasteiger partial charge in [0.15, 0.2) is 0 Å². The summed E-state index contributed by atoms with van der Waals surface area (Å²) in [6, 6.07) is 11.9. The van der Waals surface area contributed by atoms with E-state index in [9.17, 15) is 5.11 Å². The first-order valence-electron chi connectivity index (χ1n) is 10.1. The van der Waals surface area contributed by atoms with Crippen LogP contribution in [0.5, 0.6) is 5.88 Å². The number of aliphatic hydroxyl groups is 1. The molecule has 3 heterocycles. The molecule has 2 aliphatic carbocycles. The highest BCUT2D eigenvalue weighted by atomic mass is 16.5. The molecule has 6 rings (SSSR count). The summed E-state index contributed by atoms with van der Waals surface area (Å²) < 4.78 is 6.24. The summed E-state index contributed by atoms with van der Waals surface area (Å²) >= 11 is 0. The van der Waals surface area contributed by atoms with Crippen molar-refractivity contribution in [2.75, 3.05) is 6.54 Å². The Morgan fingerprint density at radius 1 is 1.14 bits per heavy atom. The van der Waals surface area contributed by atoms with Crippen molar-refractivity contribution >= 4 is 0 Å². The fourth-order valence-electron chi connectivity index (χ4n) is 5.43. The molecule has 148 valence electrons. The third kappa shape index (κ3) is 2.54. The molecule has 0 bridgehead atoms. The zero-order chi connectivity index (χ0) is 19.6. The maximum atomic E-state index is 11.4. The normalized spacial score (nSPS) is 30.9. The first kappa shape index (κ1) is 17.1. The Labute approximate surface area is 168 Å². The summed E-state index contributed by atoms with van der Waals surface area (Å²) in [5.41, 5.74) is 3.05. The van der Waals surface area contributed by atoms with E-state index in [1.165, 1.54) is 6.42 Å². The zero-order valence-electron chi connectivity index (χ0n) is 16.2. The molecule has 5 unspecified atom stereocenters. The number of ether oxygens (including phenoxy) is 1. The number of aromatic nitrogens is 4. The molecule has 1 saturated heterocycles. The molecular weight excluding hydrogens is 366 g/mol. The van der Waals surface area contributed by atoms with Gasteiger partial charge in [-0.3, -0.25) is 4.90 Å². The molecule has 3 fully saturated rings. The van der Waals surface area contributed by atoms with Crippen LogP contribution in [0, 0.1) is 18.3 Å². The SMILES string of the molecule is Cc1ccc(OC2CC34CC3CN(C(O)c3ccccc3-n3nccn3)C24)nc1. The highest BCUT2D eigenvalue weighted by Gasteiger charge is 2.75. The van der Waals surface area contributed by atoms with E-state index in [-0.39, 0.29) is 12.1 Å². The number of benzene rings is 1. The van der Waals surface area contributed by atoms with Crippen LogP contribution in [-0.2, 0) is 0 Å². The number of piperidine rings is 1. The smallest absolute Gasteiger partial charge is 0.213 e. The van der Waals surface area contributed by atoms with E-state index >= 15 is 0 Å². The number of hydrogen-bond acceptors (Lipinski definition) is 6. The van der Waals surface area contributed by atoms with Gasteiger partial charge in [0.2, 0.25) is 5.88 Å². The van der Waals surface area contributed by atoms with Gasteiger partial charge < -0.3 is 9.84 Å². The van der Waals surface area contributed by atoms with Gasteiger partial charge in [-0.1, -0.05) is 24.3 Å². The van der Waals surface area contributed by atoms with Crippen molar-refractivity contribution in [3.05, 3.63) is 66.1 Å². The second-order valence-corrected chi connectivity index (χ2v) is 8.56. The predicted octanol–water partition coefficient (Wildman–Crippen LogP) is 2.50. The minimum atomic E-state index is -0.718. The average Bonchev–Trinajstić information content (AvgIpc) is 3.10. The molecule has 7 heteroatoms. The molecule has 29 heavy (non-hydrogen) atoms. The highest BCUT2D eigenvalue weighted by Crippen LogP contribution is 2.72. The van der Waals surface area contributed by atoms with Crippen LogP contribution in [0.15, 0.2) is 55.0 Å². The summed E-state index contributed by atoms with van der Waals surface area (Å²) in [6.07, 6.45) is 6.75. The first-order valence-corrected chi connectivity index (χ1v) is 10.1. The third-order valence-corrected chi connectivity index (χ3v) is 6.91. The fraction of sp³-hybridized carbons (Fsp3) is 0.409. The quantitative estimate of drug-likeness (QED) is 0.723. The number of pyridine rings is 1. The van der Waals surface area contributed by atoms with Crippen molar-refractivity contribution in [3.63, 3.8) is 0 Å². The van der Waals surface area contributed by atoms with Crippen LogP contribution in [0.3, 0.4) is 0 Å². The lowest BCUT2D eigenvalue weighted by molar-refractivity contribution is -0.108. The monoisotopic (exact) mass is 389 g/mol. The second-order valence-electron chi connectivity index (χ2n) is 8.56. The van der Waals surface area contributed by atoms with Gasteiger partial charge in [0.1, 0.15) is 12.3 Å². The van der Waals surface area contributed by atoms with Gasteiger partial charge in [-0.15, -0.1) is 0 Å². The predicted molar refractivity (Wildman–Crippen MR) is 105 cm³/mol. The van der Waals surface area contributed by atoms with Crippen molar-refractivity contribution in [3.8, 4) is 11.6 Å². The summed E-state index contributed by atoms with van der Waals surface area (Å²) in [7, 11) is 0. The third-order valence-electron chi connectivity index (χ3n) is 6.91. The van der Waals surface area contributed by atoms with Crippen molar-refractivity contribution in [1.82, 2.24) is 24.9 Å². The highest BCUT2D eigenvalue weighted by molar-refractivity contribution is 5.41. The molecule has 1 aromatic carbocycles. The van der Waals surface area contributed by atoms with Crippen molar-refractivity contribution in [2.24, 2.45) is 11.3 Å². The molecule has 1 aliphatic heterocycles. The molecule has 1 N–H and O–H groups in total. The van der Waals surface area contributed by atoms with Gasteiger partial charge in [0, 0.05) is 24.4 Å². The van der Waals surface area contributed by atoms with Crippen LogP contribution >= 0.6 is 0 Å². The molecule has 5 atom stereocenters. The second kappa shape index (κ2) is 6.11. The van der Waals surface area contributed by atoms with Crippen LogP contribution in [0.2, 0.25) is 0 Å². The van der Waals surface area contributed by atoms with Gasteiger partial charge in [0.25, 0.3) is 0 Å². The standard InChI is InChI=1S/C22H23N5O2/c1-14-6-7-19(23-12-14)29-18-11-22-10-15(22)13-26(20(18)22)21(28)16-4-2-3-5-17(16)27-24-8-9-25-27/h2-9,12,15,18,20-21,28H,10-11,13H2,1H3. The molecular formula is C22H23N5O2. The van der Waals surface area contributed by atoms with Crippen molar-refractivity contribution in [1.29, 1.82) is 0 Å². The van der Waals surface area contributed by atoms with Crippen LogP contribution in [-0.4, -0.2) is 48.7 Å². The van der Waals surface area contributed by atoms with E-state index < -0.39 is 6.23 Å². The number of para-hydroxylation sites is 1. The lowest BCUT2D eigenvalue weighted by Gasteiger charge is -2.48. The molecule has 1 spiro atoms. The lowest BCUT2D eigenvalue weighted by Crippen LogP contribution is -2.58. The lowest BCUT2D eigenvalue weighted by atomic mass is 9.73. The number of nitrogens with zero attached hydrogens (tertiary/aromatic N) is 5. The molecule has 0 radical (unpaired) electrons. The Bertz CT molecular complexity index is 1040. The summed E-state index contributed by atoms with van der Waals surface area (Å²) in [4.78, 5) is 8.18. The minimum Gasteiger partial charge on any atom is -0.473 e. The Morgan fingerprint density at radius 2 is 1.97 bits per heavy atom. The topological polar surface area (TPSA) is 76.3 Å². The van der Waals surface area contributed by atoms with Gasteiger partial charge >= 0.3 is 0 Å². The number of rotatable bonds is 5. The van der Waals surface area contributed by atoms with E-state index in [1.54, 1.807) is 17.2 Å². The van der Waals surface area contributed by atoms with E-state index in [2.05, 4.69) is 20.1 Å². The average molecular weight is 389 g/mol. The Hall–Kier alpha value is -2.77. The summed E-state index contributed by atoms with van der Waals surface area (Å²) in [5.74, 6) is 1.32. The summed E-state index contributed by atoms with van der Waals surface area (Å²) in [6.45, 7) is 2.92. The number of hydrogen-bond donors (Lipinski definition) is 1. The molecule has 0 amide bonds. The number of aliphatic hydroxyl groups excluding tert-OH is 1. The molecule has 2 saturated carbocycles. The van der Waals surface area contributed by atoms with Crippen LogP contribution in [0.4, 0.5) is 0 Å². The van der Waals surface area contributed by atoms with E-state index in [4.69, 9.17) is 4.74 Å². The Morgan fingerprint density at radius 3 is 2.76 bits per heavy atom. The largest absolute Gasteiger partial charge is 0.473 e. The molecule has 3 aliphatic rings. The minimum absolute atomic E-state index is 0.0577. The van der Waals surface area contributed by atoms with Gasteiger partial charge in [-0.2, -0.15) is 15.0 Å². The maximum absolute atomic E-state index is 11.4. The van der Waals surface area contributed by atoms with E-state index in [0.717, 1.165) is 29.8 Å². The van der Waals surface area contributed by atoms with E-state index in [1.807, 2.05) is 49.5 Å². The first-order chi connectivity index (χ1) is 14.2. The van der Waals surface area contributed by atoms with Crippen LogP contribution in [0.1, 0.15) is 30.2 Å². The molecule has 3 aromatic rings. The van der Waals surface area contributed by atoms with Gasteiger partial charge in [-0.05, 0) is 42.7 Å². The van der Waals surface area contributed by atoms with Crippen LogP contribution in [0.25, 0.3) is 5.69 Å². The van der Waals surface area contributed by atoms with Gasteiger partial charge in [-0.25, -0.2) is 4.98 Å². The van der Waals surface area contributed by atoms with Crippen LogP contribution < -0.4 is 4.74 Å². The molecule has 2 aromatic heterocycles. The van der Waals surface area contributed by atoms with Gasteiger partial charge in [0.05, 0.1) is 24.1 Å². The Balaban J connectivity index is 1.28.